The fourth-order valence-electron chi connectivity index (χ4n) is 4.07. The quantitative estimate of drug-likeness (QED) is 0.894. The Kier molecular flexibility index (Phi) is 4.03. The van der Waals surface area contributed by atoms with E-state index < -0.39 is 5.54 Å². The molecule has 0 unspecified atom stereocenters. The Bertz CT molecular complexity index is 485. The molecule has 0 aromatic heterocycles. The van der Waals surface area contributed by atoms with Gasteiger partial charge < -0.3 is 11.1 Å². The topological polar surface area (TPSA) is 55.1 Å². The molecule has 2 aliphatic rings. The van der Waals surface area contributed by atoms with Crippen molar-refractivity contribution >= 4 is 5.91 Å². The molecule has 3 N–H and O–H groups in total. The number of hydrogen-bond donors (Lipinski definition) is 2. The largest absolute Gasteiger partial charge is 0.354 e. The molecule has 2 aliphatic carbocycles. The van der Waals surface area contributed by atoms with E-state index in [4.69, 9.17) is 5.73 Å². The second-order valence-electron chi connectivity index (χ2n) is 6.90. The van der Waals surface area contributed by atoms with Crippen LogP contribution in [-0.2, 0) is 10.2 Å². The summed E-state index contributed by atoms with van der Waals surface area (Å²) in [6.07, 6.45) is 8.64. The van der Waals surface area contributed by atoms with E-state index >= 15 is 0 Å². The summed E-state index contributed by atoms with van der Waals surface area (Å²) in [5.74, 6) is 0.0576. The molecule has 0 bridgehead atoms. The molecule has 0 atom stereocenters. The summed E-state index contributed by atoms with van der Waals surface area (Å²) in [6, 6.07) is 10.6. The highest BCUT2D eigenvalue weighted by Gasteiger charge is 2.40. The monoisotopic (exact) mass is 286 g/mol. The second-order valence-corrected chi connectivity index (χ2v) is 6.90. The Morgan fingerprint density at radius 1 is 1.00 bits per heavy atom. The van der Waals surface area contributed by atoms with Crippen LogP contribution in [0.1, 0.15) is 56.9 Å². The van der Waals surface area contributed by atoms with E-state index in [2.05, 4.69) is 35.6 Å². The minimum Gasteiger partial charge on any atom is -0.354 e. The molecule has 1 aromatic rings. The molecule has 2 fully saturated rings. The molecule has 0 radical (unpaired) electrons. The van der Waals surface area contributed by atoms with Crippen LogP contribution in [0, 0.1) is 0 Å². The average molecular weight is 286 g/mol. The lowest BCUT2D eigenvalue weighted by Gasteiger charge is -2.32. The number of amides is 1. The van der Waals surface area contributed by atoms with E-state index in [-0.39, 0.29) is 11.3 Å². The number of benzene rings is 1. The molecule has 21 heavy (non-hydrogen) atoms. The van der Waals surface area contributed by atoms with E-state index in [1.165, 1.54) is 18.4 Å². The molecule has 3 nitrogen and oxygen atoms in total. The summed E-state index contributed by atoms with van der Waals surface area (Å²) in [6.45, 7) is 0.731. The summed E-state index contributed by atoms with van der Waals surface area (Å²) in [5.41, 5.74) is 7.12. The van der Waals surface area contributed by atoms with Gasteiger partial charge in [0.2, 0.25) is 5.91 Å². The summed E-state index contributed by atoms with van der Waals surface area (Å²) < 4.78 is 0. The Morgan fingerprint density at radius 2 is 1.57 bits per heavy atom. The molecular weight excluding hydrogens is 260 g/mol. The standard InChI is InChI=1S/C18H26N2O/c19-18(12-6-7-13-18)16(21)20-14-17(10-4-5-11-17)15-8-2-1-3-9-15/h1-3,8-9H,4-7,10-14,19H2,(H,20,21). The van der Waals surface area contributed by atoms with E-state index in [9.17, 15) is 4.79 Å². The van der Waals surface area contributed by atoms with E-state index in [1.54, 1.807) is 0 Å². The van der Waals surface area contributed by atoms with Crippen LogP contribution in [0.4, 0.5) is 0 Å². The molecular formula is C18H26N2O. The van der Waals surface area contributed by atoms with Gasteiger partial charge in [-0.25, -0.2) is 0 Å². The summed E-state index contributed by atoms with van der Waals surface area (Å²) >= 11 is 0. The fraction of sp³-hybridized carbons (Fsp3) is 0.611. The zero-order chi connectivity index (χ0) is 14.8. The zero-order valence-electron chi connectivity index (χ0n) is 12.7. The predicted octanol–water partition coefficient (Wildman–Crippen LogP) is 2.89. The van der Waals surface area contributed by atoms with Crippen LogP contribution in [0.25, 0.3) is 0 Å². The second kappa shape index (κ2) is 5.80. The van der Waals surface area contributed by atoms with E-state index in [0.717, 1.165) is 45.1 Å². The first-order valence-electron chi connectivity index (χ1n) is 8.27. The summed E-state index contributed by atoms with van der Waals surface area (Å²) in [5, 5.41) is 3.18. The number of nitrogens with one attached hydrogen (secondary N) is 1. The molecule has 0 spiro atoms. The average Bonchev–Trinajstić information content (AvgIpc) is 3.16. The first-order chi connectivity index (χ1) is 10.1. The van der Waals surface area contributed by atoms with Crippen molar-refractivity contribution in [3.8, 4) is 0 Å². The number of carbonyl (C=O) groups is 1. The molecule has 114 valence electrons. The molecule has 3 heteroatoms. The molecule has 3 rings (SSSR count). The van der Waals surface area contributed by atoms with Crippen LogP contribution in [-0.4, -0.2) is 18.0 Å². The lowest BCUT2D eigenvalue weighted by atomic mass is 9.78. The van der Waals surface area contributed by atoms with Crippen molar-refractivity contribution in [2.75, 3.05) is 6.54 Å². The van der Waals surface area contributed by atoms with Gasteiger partial charge in [-0.2, -0.15) is 0 Å². The predicted molar refractivity (Wildman–Crippen MR) is 85.0 cm³/mol. The van der Waals surface area contributed by atoms with Gasteiger partial charge in [0, 0.05) is 12.0 Å². The van der Waals surface area contributed by atoms with Gasteiger partial charge in [0.25, 0.3) is 0 Å². The number of carbonyl (C=O) groups excluding carboxylic acids is 1. The Labute approximate surface area is 127 Å². The van der Waals surface area contributed by atoms with Crippen LogP contribution >= 0.6 is 0 Å². The first kappa shape index (κ1) is 14.6. The van der Waals surface area contributed by atoms with Crippen molar-refractivity contribution in [2.45, 2.75) is 62.3 Å². The van der Waals surface area contributed by atoms with Crippen molar-refractivity contribution in [3.63, 3.8) is 0 Å². The summed E-state index contributed by atoms with van der Waals surface area (Å²) in [7, 11) is 0. The Hall–Kier alpha value is -1.35. The van der Waals surface area contributed by atoms with Crippen LogP contribution < -0.4 is 11.1 Å². The molecule has 2 saturated carbocycles. The van der Waals surface area contributed by atoms with Gasteiger partial charge in [-0.15, -0.1) is 0 Å². The third kappa shape index (κ3) is 2.84. The van der Waals surface area contributed by atoms with Crippen LogP contribution in [0.15, 0.2) is 30.3 Å². The third-order valence-corrected chi connectivity index (χ3v) is 5.48. The van der Waals surface area contributed by atoms with Crippen molar-refractivity contribution in [2.24, 2.45) is 5.73 Å². The molecule has 0 heterocycles. The first-order valence-corrected chi connectivity index (χ1v) is 8.27. The number of nitrogens with two attached hydrogens (primary N) is 1. The van der Waals surface area contributed by atoms with E-state index in [0.29, 0.717) is 0 Å². The van der Waals surface area contributed by atoms with Gasteiger partial charge in [0.05, 0.1) is 5.54 Å². The third-order valence-electron chi connectivity index (χ3n) is 5.48. The maximum absolute atomic E-state index is 12.5. The minimum atomic E-state index is -0.615. The van der Waals surface area contributed by atoms with Crippen molar-refractivity contribution in [1.29, 1.82) is 0 Å². The highest BCUT2D eigenvalue weighted by Crippen LogP contribution is 2.40. The maximum Gasteiger partial charge on any atom is 0.240 e. The number of rotatable bonds is 4. The Balaban J connectivity index is 1.70. The van der Waals surface area contributed by atoms with Gasteiger partial charge in [-0.05, 0) is 31.2 Å². The van der Waals surface area contributed by atoms with Gasteiger partial charge in [0.15, 0.2) is 0 Å². The molecule has 0 aliphatic heterocycles. The van der Waals surface area contributed by atoms with Crippen LogP contribution in [0.5, 0.6) is 0 Å². The fourth-order valence-corrected chi connectivity index (χ4v) is 4.07. The van der Waals surface area contributed by atoms with E-state index in [1.807, 2.05) is 0 Å². The van der Waals surface area contributed by atoms with Crippen LogP contribution in [0.3, 0.4) is 0 Å². The van der Waals surface area contributed by atoms with Gasteiger partial charge in [-0.1, -0.05) is 56.0 Å². The minimum absolute atomic E-state index is 0.0576. The molecule has 1 amide bonds. The lowest BCUT2D eigenvalue weighted by Crippen LogP contribution is -2.54. The Morgan fingerprint density at radius 3 is 2.19 bits per heavy atom. The molecule has 0 saturated heterocycles. The molecule has 1 aromatic carbocycles. The lowest BCUT2D eigenvalue weighted by molar-refractivity contribution is -0.126. The highest BCUT2D eigenvalue weighted by molar-refractivity contribution is 5.86. The van der Waals surface area contributed by atoms with Crippen molar-refractivity contribution in [3.05, 3.63) is 35.9 Å². The summed E-state index contributed by atoms with van der Waals surface area (Å²) in [4.78, 5) is 12.5. The highest BCUT2D eigenvalue weighted by atomic mass is 16.2. The van der Waals surface area contributed by atoms with Crippen molar-refractivity contribution < 1.29 is 4.79 Å². The SMILES string of the molecule is NC1(C(=O)NCC2(c3ccccc3)CCCC2)CCCC1. The number of hydrogen-bond acceptors (Lipinski definition) is 2. The van der Waals surface area contributed by atoms with Gasteiger partial charge >= 0.3 is 0 Å². The smallest absolute Gasteiger partial charge is 0.240 e. The normalized spacial score (nSPS) is 23.1. The van der Waals surface area contributed by atoms with Crippen LogP contribution in [0.2, 0.25) is 0 Å². The van der Waals surface area contributed by atoms with Crippen molar-refractivity contribution in [1.82, 2.24) is 5.32 Å². The maximum atomic E-state index is 12.5. The van der Waals surface area contributed by atoms with Gasteiger partial charge in [0.1, 0.15) is 0 Å². The zero-order valence-corrected chi connectivity index (χ0v) is 12.7. The van der Waals surface area contributed by atoms with Gasteiger partial charge in [-0.3, -0.25) is 4.79 Å².